The van der Waals surface area contributed by atoms with Gasteiger partial charge in [0.15, 0.2) is 0 Å². The molecule has 1 aromatic carbocycles. The SMILES string of the molecule is CCCN(CCNCc1ccccc1OC(C)C)C(=O)OC(C)(C)C. The number of carbonyl (C=O) groups is 1. The quantitative estimate of drug-likeness (QED) is 0.678. The van der Waals surface area contributed by atoms with Crippen molar-refractivity contribution in [2.24, 2.45) is 0 Å². The Labute approximate surface area is 152 Å². The van der Waals surface area contributed by atoms with Crippen molar-refractivity contribution in [3.8, 4) is 5.75 Å². The number of hydrogen-bond acceptors (Lipinski definition) is 4. The molecule has 0 aliphatic rings. The van der Waals surface area contributed by atoms with Gasteiger partial charge >= 0.3 is 6.09 Å². The number of benzene rings is 1. The van der Waals surface area contributed by atoms with Crippen molar-refractivity contribution in [3.63, 3.8) is 0 Å². The van der Waals surface area contributed by atoms with E-state index in [1.165, 1.54) is 0 Å². The lowest BCUT2D eigenvalue weighted by Crippen LogP contribution is -2.40. The highest BCUT2D eigenvalue weighted by Crippen LogP contribution is 2.19. The van der Waals surface area contributed by atoms with E-state index in [4.69, 9.17) is 9.47 Å². The van der Waals surface area contributed by atoms with E-state index >= 15 is 0 Å². The van der Waals surface area contributed by atoms with E-state index in [-0.39, 0.29) is 12.2 Å². The third-order valence-electron chi connectivity index (χ3n) is 3.35. The number of amides is 1. The minimum absolute atomic E-state index is 0.147. The van der Waals surface area contributed by atoms with Crippen molar-refractivity contribution in [1.29, 1.82) is 0 Å². The van der Waals surface area contributed by atoms with Crippen molar-refractivity contribution >= 4 is 6.09 Å². The molecule has 1 N–H and O–H groups in total. The maximum absolute atomic E-state index is 12.2. The third-order valence-corrected chi connectivity index (χ3v) is 3.35. The molecule has 0 unspecified atom stereocenters. The minimum atomic E-state index is -0.469. The van der Waals surface area contributed by atoms with E-state index in [0.29, 0.717) is 26.2 Å². The fraction of sp³-hybridized carbons (Fsp3) is 0.650. The summed E-state index contributed by atoms with van der Waals surface area (Å²) in [5.41, 5.74) is 0.652. The van der Waals surface area contributed by atoms with E-state index in [1.807, 2.05) is 52.8 Å². The summed E-state index contributed by atoms with van der Waals surface area (Å²) in [4.78, 5) is 14.0. The standard InChI is InChI=1S/C20H34N2O3/c1-7-13-22(19(23)25-20(4,5)6)14-12-21-15-17-10-8-9-11-18(17)24-16(2)3/h8-11,16,21H,7,12-15H2,1-6H3. The molecule has 0 heterocycles. The zero-order valence-electron chi connectivity index (χ0n) is 16.6. The van der Waals surface area contributed by atoms with Crippen LogP contribution in [0.5, 0.6) is 5.75 Å². The second-order valence-electron chi connectivity index (χ2n) is 7.42. The van der Waals surface area contributed by atoms with Crippen LogP contribution in [0.25, 0.3) is 0 Å². The van der Waals surface area contributed by atoms with Gasteiger partial charge in [0.05, 0.1) is 6.10 Å². The summed E-state index contributed by atoms with van der Waals surface area (Å²) in [6.45, 7) is 14.5. The van der Waals surface area contributed by atoms with E-state index in [9.17, 15) is 4.79 Å². The molecule has 0 atom stereocenters. The van der Waals surface area contributed by atoms with Gasteiger partial charge in [-0.1, -0.05) is 25.1 Å². The highest BCUT2D eigenvalue weighted by molar-refractivity contribution is 5.68. The van der Waals surface area contributed by atoms with Crippen LogP contribution in [0.2, 0.25) is 0 Å². The number of rotatable bonds is 9. The largest absolute Gasteiger partial charge is 0.491 e. The second-order valence-corrected chi connectivity index (χ2v) is 7.42. The first-order chi connectivity index (χ1) is 11.7. The summed E-state index contributed by atoms with van der Waals surface area (Å²) in [6, 6.07) is 8.03. The van der Waals surface area contributed by atoms with Crippen LogP contribution in [0, 0.1) is 0 Å². The van der Waals surface area contributed by atoms with Crippen LogP contribution < -0.4 is 10.1 Å². The molecule has 1 aromatic rings. The Hall–Kier alpha value is -1.75. The summed E-state index contributed by atoms with van der Waals surface area (Å²) in [7, 11) is 0. The Morgan fingerprint density at radius 1 is 1.20 bits per heavy atom. The second kappa shape index (κ2) is 10.3. The molecular weight excluding hydrogens is 316 g/mol. The number of ether oxygens (including phenoxy) is 2. The Morgan fingerprint density at radius 2 is 1.88 bits per heavy atom. The smallest absolute Gasteiger partial charge is 0.410 e. The molecule has 0 bridgehead atoms. The zero-order chi connectivity index (χ0) is 18.9. The van der Waals surface area contributed by atoms with Gasteiger partial charge in [-0.2, -0.15) is 0 Å². The molecule has 0 spiro atoms. The molecule has 25 heavy (non-hydrogen) atoms. The molecule has 0 aliphatic carbocycles. The van der Waals surface area contributed by atoms with Crippen LogP contribution in [-0.2, 0) is 11.3 Å². The average molecular weight is 351 g/mol. The predicted molar refractivity (Wildman–Crippen MR) is 102 cm³/mol. The summed E-state index contributed by atoms with van der Waals surface area (Å²) in [6.07, 6.45) is 0.803. The number of nitrogens with zero attached hydrogens (tertiary/aromatic N) is 1. The number of para-hydroxylation sites is 1. The van der Waals surface area contributed by atoms with Gasteiger partial charge < -0.3 is 19.7 Å². The average Bonchev–Trinajstić information content (AvgIpc) is 2.49. The monoisotopic (exact) mass is 350 g/mol. The maximum atomic E-state index is 12.2. The lowest BCUT2D eigenvalue weighted by atomic mass is 10.2. The van der Waals surface area contributed by atoms with E-state index < -0.39 is 5.60 Å². The Balaban J connectivity index is 2.50. The minimum Gasteiger partial charge on any atom is -0.491 e. The molecule has 0 aromatic heterocycles. The molecule has 5 heteroatoms. The van der Waals surface area contributed by atoms with Crippen LogP contribution in [0.1, 0.15) is 53.5 Å². The van der Waals surface area contributed by atoms with E-state index in [1.54, 1.807) is 4.90 Å². The van der Waals surface area contributed by atoms with Gasteiger partial charge in [-0.05, 0) is 47.1 Å². The molecule has 0 saturated heterocycles. The van der Waals surface area contributed by atoms with Gasteiger partial charge in [-0.3, -0.25) is 0 Å². The predicted octanol–water partition coefficient (Wildman–Crippen LogP) is 4.21. The lowest BCUT2D eigenvalue weighted by Gasteiger charge is -2.27. The van der Waals surface area contributed by atoms with Gasteiger partial charge in [0, 0.05) is 31.7 Å². The first-order valence-electron chi connectivity index (χ1n) is 9.16. The van der Waals surface area contributed by atoms with E-state index in [0.717, 1.165) is 17.7 Å². The normalized spacial score (nSPS) is 11.5. The highest BCUT2D eigenvalue weighted by atomic mass is 16.6. The lowest BCUT2D eigenvalue weighted by molar-refractivity contribution is 0.0251. The van der Waals surface area contributed by atoms with Gasteiger partial charge in [-0.25, -0.2) is 4.79 Å². The molecule has 5 nitrogen and oxygen atoms in total. The fourth-order valence-corrected chi connectivity index (χ4v) is 2.35. The van der Waals surface area contributed by atoms with Crippen molar-refractivity contribution < 1.29 is 14.3 Å². The summed E-state index contributed by atoms with van der Waals surface area (Å²) in [5, 5.41) is 3.39. The van der Waals surface area contributed by atoms with Gasteiger partial charge in [-0.15, -0.1) is 0 Å². The number of carbonyl (C=O) groups excluding carboxylic acids is 1. The topological polar surface area (TPSA) is 50.8 Å². The van der Waals surface area contributed by atoms with Gasteiger partial charge in [0.1, 0.15) is 11.4 Å². The molecule has 1 amide bonds. The highest BCUT2D eigenvalue weighted by Gasteiger charge is 2.21. The van der Waals surface area contributed by atoms with Crippen molar-refractivity contribution in [2.75, 3.05) is 19.6 Å². The number of nitrogens with one attached hydrogen (secondary N) is 1. The van der Waals surface area contributed by atoms with Crippen molar-refractivity contribution in [2.45, 2.75) is 66.2 Å². The first-order valence-corrected chi connectivity index (χ1v) is 9.16. The van der Waals surface area contributed by atoms with Gasteiger partial charge in [0.25, 0.3) is 0 Å². The fourth-order valence-electron chi connectivity index (χ4n) is 2.35. The molecule has 0 fully saturated rings. The summed E-state index contributed by atoms with van der Waals surface area (Å²) >= 11 is 0. The van der Waals surface area contributed by atoms with Crippen molar-refractivity contribution in [3.05, 3.63) is 29.8 Å². The third kappa shape index (κ3) is 8.77. The van der Waals surface area contributed by atoms with Gasteiger partial charge in [0.2, 0.25) is 0 Å². The molecule has 142 valence electrons. The molecular formula is C20H34N2O3. The Bertz CT molecular complexity index is 524. The Kier molecular flexibility index (Phi) is 8.76. The number of hydrogen-bond donors (Lipinski definition) is 1. The van der Waals surface area contributed by atoms with Crippen molar-refractivity contribution in [1.82, 2.24) is 10.2 Å². The molecule has 1 rings (SSSR count). The van der Waals surface area contributed by atoms with Crippen LogP contribution >= 0.6 is 0 Å². The van der Waals surface area contributed by atoms with Crippen LogP contribution in [0.4, 0.5) is 4.79 Å². The zero-order valence-corrected chi connectivity index (χ0v) is 16.6. The van der Waals surface area contributed by atoms with Crippen LogP contribution in [0.3, 0.4) is 0 Å². The van der Waals surface area contributed by atoms with Crippen LogP contribution in [-0.4, -0.2) is 42.3 Å². The first kappa shape index (κ1) is 21.3. The van der Waals surface area contributed by atoms with E-state index in [2.05, 4.69) is 18.3 Å². The van der Waals surface area contributed by atoms with Crippen LogP contribution in [0.15, 0.2) is 24.3 Å². The molecule has 0 radical (unpaired) electrons. The molecule has 0 saturated carbocycles. The summed E-state index contributed by atoms with van der Waals surface area (Å²) < 4.78 is 11.3. The summed E-state index contributed by atoms with van der Waals surface area (Å²) in [5.74, 6) is 0.905. The Morgan fingerprint density at radius 3 is 2.48 bits per heavy atom. The maximum Gasteiger partial charge on any atom is 0.410 e. The molecule has 0 aliphatic heterocycles.